The minimum Gasteiger partial charge on any atom is -0.491 e. The lowest BCUT2D eigenvalue weighted by molar-refractivity contribution is -0.348. The molecule has 0 radical (unpaired) electrons. The van der Waals surface area contributed by atoms with Gasteiger partial charge in [-0.3, -0.25) is 11.5 Å². The van der Waals surface area contributed by atoms with Crippen molar-refractivity contribution in [1.82, 2.24) is 0 Å². The van der Waals surface area contributed by atoms with E-state index in [1.54, 1.807) is 18.2 Å². The molecule has 50 heavy (non-hydrogen) atoms. The number of nitrogens with two attached hydrogens (primary N) is 4. The van der Waals surface area contributed by atoms with E-state index in [1.165, 1.54) is 6.26 Å². The first kappa shape index (κ1) is 34.6. The minimum absolute atomic E-state index is 0.0318. The summed E-state index contributed by atoms with van der Waals surface area (Å²) in [5, 5.41) is 12.6. The molecule has 2 heterocycles. The first-order valence-electron chi connectivity index (χ1n) is 16.8. The van der Waals surface area contributed by atoms with Crippen LogP contribution in [-0.2, 0) is 50.1 Å². The Kier molecular flexibility index (Phi) is 10.8. The summed E-state index contributed by atoms with van der Waals surface area (Å²) in [6, 6.07) is 37.1. The fourth-order valence-corrected chi connectivity index (χ4v) is 7.48. The summed E-state index contributed by atoms with van der Waals surface area (Å²) in [6.45, 7) is -0.354. The van der Waals surface area contributed by atoms with Gasteiger partial charge in [-0.25, -0.2) is 0 Å². The predicted octanol–water partition coefficient (Wildman–Crippen LogP) is 4.38. The van der Waals surface area contributed by atoms with E-state index in [-0.39, 0.29) is 26.4 Å². The molecule has 0 spiro atoms. The normalized spacial score (nSPS) is 31.5. The van der Waals surface area contributed by atoms with Crippen LogP contribution in [0.1, 0.15) is 23.6 Å². The molecule has 0 bridgehead atoms. The van der Waals surface area contributed by atoms with Gasteiger partial charge in [-0.2, -0.15) is 0 Å². The van der Waals surface area contributed by atoms with Gasteiger partial charge in [0.2, 0.25) is 0 Å². The number of hydrogen-bond acceptors (Lipinski definition) is 11. The fraction of sp³-hybridized carbons (Fsp3) is 0.282. The molecule has 0 aliphatic carbocycles. The first-order valence-corrected chi connectivity index (χ1v) is 17.1. The van der Waals surface area contributed by atoms with Crippen LogP contribution in [-0.4, -0.2) is 44.8 Å². The zero-order valence-corrected chi connectivity index (χ0v) is 28.4. The molecule has 3 unspecified atom stereocenters. The van der Waals surface area contributed by atoms with Crippen LogP contribution in [0.2, 0.25) is 0 Å². The van der Waals surface area contributed by atoms with Crippen LogP contribution < -0.4 is 22.9 Å². The van der Waals surface area contributed by atoms with Crippen molar-refractivity contribution in [3.05, 3.63) is 168 Å². The SMILES string of the molecule is [2H]C1(O)S[C@](N)(C(N)OCc2ccccc2)[C@@](N)(OCc2ccccc2)[C@](N)(OCc2ccccc2)[C@]1(OCc1ccccc1)C1C=CC=CO1. The monoisotopic (exact) mass is 697 g/mol. The Balaban J connectivity index is 1.54. The van der Waals surface area contributed by atoms with E-state index in [2.05, 4.69) is 0 Å². The third kappa shape index (κ3) is 6.90. The number of hydrogen-bond donors (Lipinski definition) is 5. The van der Waals surface area contributed by atoms with Crippen molar-refractivity contribution in [1.29, 1.82) is 0 Å². The van der Waals surface area contributed by atoms with Crippen LogP contribution in [0, 0.1) is 0 Å². The van der Waals surface area contributed by atoms with Gasteiger partial charge in [-0.05, 0) is 34.4 Å². The number of thioether (sulfide) groups is 1. The average Bonchev–Trinajstić information content (AvgIpc) is 3.16. The molecule has 1 fully saturated rings. The highest BCUT2D eigenvalue weighted by molar-refractivity contribution is 8.01. The summed E-state index contributed by atoms with van der Waals surface area (Å²) in [4.78, 5) is -2.16. The van der Waals surface area contributed by atoms with Gasteiger partial charge in [0.05, 0.1) is 34.1 Å². The van der Waals surface area contributed by atoms with Crippen molar-refractivity contribution in [2.45, 2.75) is 66.1 Å². The summed E-state index contributed by atoms with van der Waals surface area (Å²) in [5.74, 6) is 0. The Morgan fingerprint density at radius 2 is 1.10 bits per heavy atom. The van der Waals surface area contributed by atoms with Gasteiger partial charge in [0, 0.05) is 0 Å². The number of benzene rings is 4. The largest absolute Gasteiger partial charge is 0.491 e. The Labute approximate surface area is 298 Å². The molecule has 10 nitrogen and oxygen atoms in total. The highest BCUT2D eigenvalue weighted by Crippen LogP contribution is 2.57. The van der Waals surface area contributed by atoms with Gasteiger partial charge in [-0.15, -0.1) is 0 Å². The van der Waals surface area contributed by atoms with Crippen LogP contribution in [0.3, 0.4) is 0 Å². The first-order chi connectivity index (χ1) is 24.5. The third-order valence-corrected chi connectivity index (χ3v) is 10.4. The highest BCUT2D eigenvalue weighted by atomic mass is 32.2. The van der Waals surface area contributed by atoms with Crippen LogP contribution in [0.25, 0.3) is 0 Å². The molecule has 1 saturated heterocycles. The lowest BCUT2D eigenvalue weighted by Crippen LogP contribution is -2.94. The van der Waals surface area contributed by atoms with E-state index in [1.807, 2.05) is 121 Å². The Hall–Kier alpha value is -3.85. The second-order valence-electron chi connectivity index (χ2n) is 12.2. The summed E-state index contributed by atoms with van der Waals surface area (Å²) >= 11 is 0.513. The van der Waals surface area contributed by atoms with Crippen molar-refractivity contribution >= 4 is 11.8 Å². The summed E-state index contributed by atoms with van der Waals surface area (Å²) in [7, 11) is 0. The molecule has 11 heteroatoms. The van der Waals surface area contributed by atoms with Gasteiger partial charge >= 0.3 is 0 Å². The molecule has 4 aromatic rings. The van der Waals surface area contributed by atoms with Crippen molar-refractivity contribution in [2.24, 2.45) is 22.9 Å². The van der Waals surface area contributed by atoms with Gasteiger partial charge in [0.1, 0.15) is 11.6 Å². The van der Waals surface area contributed by atoms with Gasteiger partial charge in [0.15, 0.2) is 28.0 Å². The van der Waals surface area contributed by atoms with E-state index < -0.39 is 39.7 Å². The average molecular weight is 698 g/mol. The number of ether oxygens (including phenoxy) is 5. The van der Waals surface area contributed by atoms with Gasteiger partial charge in [0.25, 0.3) is 0 Å². The molecular formula is C39H44N4O6S. The fourth-order valence-electron chi connectivity index (χ4n) is 6.14. The van der Waals surface area contributed by atoms with Crippen LogP contribution in [0.5, 0.6) is 0 Å². The van der Waals surface area contributed by atoms with Crippen molar-refractivity contribution in [2.75, 3.05) is 0 Å². The van der Waals surface area contributed by atoms with E-state index >= 15 is 0 Å². The topological polar surface area (TPSA) is 170 Å². The predicted molar refractivity (Wildman–Crippen MR) is 193 cm³/mol. The summed E-state index contributed by atoms with van der Waals surface area (Å²) < 4.78 is 42.3. The Morgan fingerprint density at radius 3 is 1.56 bits per heavy atom. The minimum atomic E-state index is -2.77. The van der Waals surface area contributed by atoms with Crippen LogP contribution in [0.15, 0.2) is 146 Å². The molecule has 0 saturated carbocycles. The van der Waals surface area contributed by atoms with Gasteiger partial charge in [-0.1, -0.05) is 139 Å². The molecule has 0 aromatic heterocycles. The molecule has 7 atom stereocenters. The van der Waals surface area contributed by atoms with Gasteiger partial charge < -0.3 is 40.3 Å². The molecule has 6 rings (SSSR count). The molecule has 9 N–H and O–H groups in total. The van der Waals surface area contributed by atoms with Crippen molar-refractivity contribution < 1.29 is 30.2 Å². The number of allylic oxidation sites excluding steroid dienone is 2. The molecule has 262 valence electrons. The third-order valence-electron chi connectivity index (χ3n) is 8.99. The van der Waals surface area contributed by atoms with Crippen LogP contribution >= 0.6 is 11.8 Å². The van der Waals surface area contributed by atoms with Crippen molar-refractivity contribution in [3.8, 4) is 0 Å². The smallest absolute Gasteiger partial charge is 0.199 e. The van der Waals surface area contributed by atoms with E-state index in [0.29, 0.717) is 17.3 Å². The second-order valence-corrected chi connectivity index (χ2v) is 13.5. The molecular weight excluding hydrogens is 653 g/mol. The zero-order chi connectivity index (χ0) is 36.0. The maximum absolute atomic E-state index is 12.6. The summed E-state index contributed by atoms with van der Waals surface area (Å²) in [6.07, 6.45) is 3.67. The molecule has 4 aromatic carbocycles. The lowest BCUT2D eigenvalue weighted by Gasteiger charge is -2.66. The molecule has 2 aliphatic heterocycles. The summed E-state index contributed by atoms with van der Waals surface area (Å²) in [5.41, 5.74) is 22.2. The zero-order valence-electron chi connectivity index (χ0n) is 28.5. The van der Waals surface area contributed by atoms with Crippen LogP contribution in [0.4, 0.5) is 0 Å². The van der Waals surface area contributed by atoms with E-state index in [4.69, 9.17) is 46.6 Å². The Morgan fingerprint density at radius 1 is 0.660 bits per heavy atom. The number of aliphatic hydroxyl groups is 1. The van der Waals surface area contributed by atoms with E-state index in [9.17, 15) is 6.48 Å². The van der Waals surface area contributed by atoms with Crippen molar-refractivity contribution in [3.63, 3.8) is 0 Å². The number of rotatable bonds is 14. The Bertz CT molecular complexity index is 1780. The standard InChI is InChI=1S/C39H44N4O6S/c40-34(46-25-29-15-5-1-6-16-29)37(41)39(43,49-28-32-21-11-4-12-22-32)38(42,48-27-31-19-9-3-10-20-31)36(35(44)50-37,33-23-13-14-24-45-33)47-26-30-17-7-2-8-18-30/h1-24,33-35,44H,25-28,40-43H2/t33?,34?,35?,36-,37+,38+,39+/m0/s1/i35D. The molecule has 0 amide bonds. The highest BCUT2D eigenvalue weighted by Gasteiger charge is 2.80. The quantitative estimate of drug-likeness (QED) is 0.119. The molecule has 2 aliphatic rings. The van der Waals surface area contributed by atoms with E-state index in [0.717, 1.165) is 16.7 Å². The lowest BCUT2D eigenvalue weighted by atomic mass is 9.73. The maximum atomic E-state index is 12.6. The maximum Gasteiger partial charge on any atom is 0.199 e. The second kappa shape index (κ2) is 15.6.